The molecule has 0 saturated heterocycles. The molecule has 4 heteroatoms. The van der Waals surface area contributed by atoms with Crippen molar-refractivity contribution in [1.29, 1.82) is 0 Å². The normalized spacial score (nSPS) is 18.3. The molecular weight excluding hydrogens is 306 g/mol. The minimum absolute atomic E-state index is 0.00759. The Hall–Kier alpha value is -0.770. The summed E-state index contributed by atoms with van der Waals surface area (Å²) in [4.78, 5) is 12.5. The number of carbonyl (C=O) groups excluding carboxylic acids is 1. The van der Waals surface area contributed by atoms with E-state index in [4.69, 9.17) is 4.42 Å². The van der Waals surface area contributed by atoms with Crippen molar-refractivity contribution >= 4 is 21.8 Å². The largest absolute Gasteiger partial charge is 0.466 e. The van der Waals surface area contributed by atoms with Gasteiger partial charge < -0.3 is 9.73 Å². The van der Waals surface area contributed by atoms with Crippen LogP contribution < -0.4 is 5.32 Å². The molecule has 1 aliphatic rings. The van der Waals surface area contributed by atoms with Crippen LogP contribution in [0.5, 0.6) is 0 Å². The summed E-state index contributed by atoms with van der Waals surface area (Å²) in [5.41, 5.74) is 1.58. The first-order valence-corrected chi connectivity index (χ1v) is 8.06. The molecule has 1 heterocycles. The molecule has 0 unspecified atom stereocenters. The second-order valence-electron chi connectivity index (χ2n) is 5.64. The predicted molar refractivity (Wildman–Crippen MR) is 80.0 cm³/mol. The average molecular weight is 328 g/mol. The fraction of sp³-hybridized carbons (Fsp3) is 0.667. The lowest BCUT2D eigenvalue weighted by Crippen LogP contribution is -2.51. The van der Waals surface area contributed by atoms with Crippen LogP contribution in [0.2, 0.25) is 0 Å². The Bertz CT molecular complexity index is 473. The number of amides is 1. The van der Waals surface area contributed by atoms with Crippen LogP contribution in [0.3, 0.4) is 0 Å². The van der Waals surface area contributed by atoms with Gasteiger partial charge in [0, 0.05) is 10.9 Å². The average Bonchev–Trinajstić information content (AvgIpc) is 2.64. The number of hydrogen-bond acceptors (Lipinski definition) is 2. The van der Waals surface area contributed by atoms with E-state index in [1.54, 1.807) is 0 Å². The Kier molecular flexibility index (Phi) is 4.39. The first-order valence-electron chi connectivity index (χ1n) is 6.94. The number of furan rings is 1. The van der Waals surface area contributed by atoms with Crippen molar-refractivity contribution in [2.24, 2.45) is 0 Å². The van der Waals surface area contributed by atoms with E-state index in [-0.39, 0.29) is 11.4 Å². The molecule has 1 amide bonds. The molecule has 0 aliphatic heterocycles. The van der Waals surface area contributed by atoms with Gasteiger partial charge in [0.15, 0.2) is 0 Å². The fourth-order valence-electron chi connectivity index (χ4n) is 2.95. The van der Waals surface area contributed by atoms with Gasteiger partial charge in [0.05, 0.1) is 11.1 Å². The zero-order valence-corrected chi connectivity index (χ0v) is 13.5. The maximum atomic E-state index is 12.5. The zero-order chi connectivity index (χ0) is 14.0. The summed E-state index contributed by atoms with van der Waals surface area (Å²) in [5.74, 6) is 1.56. The summed E-state index contributed by atoms with van der Waals surface area (Å²) >= 11 is 3.57. The summed E-state index contributed by atoms with van der Waals surface area (Å²) in [6, 6.07) is 0. The van der Waals surface area contributed by atoms with Gasteiger partial charge in [-0.05, 0) is 33.6 Å². The Morgan fingerprint density at radius 2 is 1.84 bits per heavy atom. The molecule has 0 atom stereocenters. The lowest BCUT2D eigenvalue weighted by Gasteiger charge is -2.36. The number of hydrogen-bond donors (Lipinski definition) is 1. The van der Waals surface area contributed by atoms with Gasteiger partial charge in [-0.3, -0.25) is 4.79 Å². The zero-order valence-electron chi connectivity index (χ0n) is 11.9. The first-order chi connectivity index (χ1) is 8.99. The van der Waals surface area contributed by atoms with Gasteiger partial charge in [0.25, 0.3) is 5.91 Å². The Labute approximate surface area is 123 Å². The van der Waals surface area contributed by atoms with Crippen molar-refractivity contribution in [3.05, 3.63) is 22.6 Å². The SMILES string of the molecule is Cc1oc(C)c(C(=O)NC2(CBr)CCCCC2)c1C. The lowest BCUT2D eigenvalue weighted by atomic mass is 9.83. The number of rotatable bonds is 3. The van der Waals surface area contributed by atoms with Gasteiger partial charge in [-0.1, -0.05) is 35.2 Å². The third-order valence-electron chi connectivity index (χ3n) is 4.23. The summed E-state index contributed by atoms with van der Waals surface area (Å²) < 4.78 is 5.55. The van der Waals surface area contributed by atoms with Crippen LogP contribution >= 0.6 is 15.9 Å². The van der Waals surface area contributed by atoms with E-state index in [9.17, 15) is 4.79 Å². The van der Waals surface area contributed by atoms with E-state index in [0.29, 0.717) is 11.3 Å². The van der Waals surface area contributed by atoms with Crippen LogP contribution in [-0.4, -0.2) is 16.8 Å². The second kappa shape index (κ2) is 5.70. The molecule has 3 nitrogen and oxygen atoms in total. The van der Waals surface area contributed by atoms with Crippen LogP contribution in [0.1, 0.15) is 59.5 Å². The Morgan fingerprint density at radius 3 is 2.32 bits per heavy atom. The van der Waals surface area contributed by atoms with Crippen LogP contribution in [0.25, 0.3) is 0 Å². The summed E-state index contributed by atoms with van der Waals surface area (Å²) in [7, 11) is 0. The van der Waals surface area contributed by atoms with Crippen molar-refractivity contribution < 1.29 is 9.21 Å². The van der Waals surface area contributed by atoms with Crippen LogP contribution in [0.15, 0.2) is 4.42 Å². The van der Waals surface area contributed by atoms with Crippen molar-refractivity contribution in [3.8, 4) is 0 Å². The molecule has 0 aromatic carbocycles. The van der Waals surface area contributed by atoms with Gasteiger partial charge in [0.1, 0.15) is 11.5 Å². The summed E-state index contributed by atoms with van der Waals surface area (Å²) in [5, 5.41) is 4.07. The summed E-state index contributed by atoms with van der Waals surface area (Å²) in [6.45, 7) is 5.71. The molecule has 2 rings (SSSR count). The molecule has 106 valence electrons. The van der Waals surface area contributed by atoms with E-state index < -0.39 is 0 Å². The van der Waals surface area contributed by atoms with Gasteiger partial charge in [-0.2, -0.15) is 0 Å². The highest BCUT2D eigenvalue weighted by Crippen LogP contribution is 2.31. The van der Waals surface area contributed by atoms with E-state index in [1.807, 2.05) is 20.8 Å². The topological polar surface area (TPSA) is 42.2 Å². The first kappa shape index (κ1) is 14.6. The van der Waals surface area contributed by atoms with Crippen molar-refractivity contribution in [2.45, 2.75) is 58.4 Å². The minimum Gasteiger partial charge on any atom is -0.466 e. The highest BCUT2D eigenvalue weighted by Gasteiger charge is 2.34. The third-order valence-corrected chi connectivity index (χ3v) is 5.31. The Balaban J connectivity index is 2.20. The molecule has 0 radical (unpaired) electrons. The molecule has 0 bridgehead atoms. The highest BCUT2D eigenvalue weighted by molar-refractivity contribution is 9.09. The maximum absolute atomic E-state index is 12.5. The highest BCUT2D eigenvalue weighted by atomic mass is 79.9. The number of carbonyl (C=O) groups is 1. The molecule has 1 aromatic rings. The molecule has 19 heavy (non-hydrogen) atoms. The van der Waals surface area contributed by atoms with Gasteiger partial charge in [-0.25, -0.2) is 0 Å². The van der Waals surface area contributed by atoms with Gasteiger partial charge in [0.2, 0.25) is 0 Å². The second-order valence-corrected chi connectivity index (χ2v) is 6.20. The third kappa shape index (κ3) is 2.88. The number of aryl methyl sites for hydroxylation is 2. The molecule has 1 N–H and O–H groups in total. The van der Waals surface area contributed by atoms with E-state index in [2.05, 4.69) is 21.2 Å². The quantitative estimate of drug-likeness (QED) is 0.851. The van der Waals surface area contributed by atoms with E-state index in [1.165, 1.54) is 19.3 Å². The van der Waals surface area contributed by atoms with Crippen molar-refractivity contribution in [3.63, 3.8) is 0 Å². The monoisotopic (exact) mass is 327 g/mol. The van der Waals surface area contributed by atoms with Gasteiger partial charge >= 0.3 is 0 Å². The number of alkyl halides is 1. The molecule has 1 aliphatic carbocycles. The van der Waals surface area contributed by atoms with Crippen LogP contribution in [0, 0.1) is 20.8 Å². The standard InChI is InChI=1S/C15H22BrNO2/c1-10-11(2)19-12(3)13(10)14(18)17-15(9-16)7-5-4-6-8-15/h4-9H2,1-3H3,(H,17,18). The molecule has 1 saturated carbocycles. The molecule has 1 aromatic heterocycles. The fourth-order valence-corrected chi connectivity index (χ4v) is 3.65. The van der Waals surface area contributed by atoms with E-state index in [0.717, 1.165) is 29.5 Å². The predicted octanol–water partition coefficient (Wildman–Crippen LogP) is 4.03. The lowest BCUT2D eigenvalue weighted by molar-refractivity contribution is 0.0884. The Morgan fingerprint density at radius 1 is 1.21 bits per heavy atom. The number of halogens is 1. The smallest absolute Gasteiger partial charge is 0.255 e. The number of nitrogens with one attached hydrogen (secondary N) is 1. The maximum Gasteiger partial charge on any atom is 0.255 e. The molecule has 0 spiro atoms. The minimum atomic E-state index is -0.0839. The summed E-state index contributed by atoms with van der Waals surface area (Å²) in [6.07, 6.45) is 5.76. The molecular formula is C15H22BrNO2. The van der Waals surface area contributed by atoms with E-state index >= 15 is 0 Å². The van der Waals surface area contributed by atoms with Crippen LogP contribution in [0.4, 0.5) is 0 Å². The van der Waals surface area contributed by atoms with Crippen molar-refractivity contribution in [1.82, 2.24) is 5.32 Å². The van der Waals surface area contributed by atoms with Crippen molar-refractivity contribution in [2.75, 3.05) is 5.33 Å². The molecule has 1 fully saturated rings. The van der Waals surface area contributed by atoms with Gasteiger partial charge in [-0.15, -0.1) is 0 Å². The van der Waals surface area contributed by atoms with Crippen LogP contribution in [-0.2, 0) is 0 Å².